The molecule has 0 atom stereocenters. The third kappa shape index (κ3) is 2.68. The van der Waals surface area contributed by atoms with Gasteiger partial charge < -0.3 is 10.1 Å². The molecule has 0 amide bonds. The van der Waals surface area contributed by atoms with E-state index < -0.39 is 5.97 Å². The fraction of sp³-hybridized carbons (Fsp3) is 0.0714. The minimum atomic E-state index is -0.495. The monoisotopic (exact) mass is 319 g/mol. The van der Waals surface area contributed by atoms with Gasteiger partial charge in [-0.25, -0.2) is 9.78 Å². The average Bonchev–Trinajstić information content (AvgIpc) is 2.87. The first-order valence-electron chi connectivity index (χ1n) is 6.04. The van der Waals surface area contributed by atoms with Crippen LogP contribution in [0, 0.1) is 0 Å². The SMILES string of the molecule is COC(=O)c1sc(Nc2cccc3ncccc23)nc1Cl. The highest BCUT2D eigenvalue weighted by molar-refractivity contribution is 7.18. The number of ether oxygens (including phenoxy) is 1. The van der Waals surface area contributed by atoms with Crippen molar-refractivity contribution < 1.29 is 9.53 Å². The van der Waals surface area contributed by atoms with Crippen LogP contribution < -0.4 is 5.32 Å². The van der Waals surface area contributed by atoms with Crippen molar-refractivity contribution in [2.24, 2.45) is 0 Å². The number of thiazole rings is 1. The largest absolute Gasteiger partial charge is 0.465 e. The number of hydrogen-bond donors (Lipinski definition) is 1. The van der Waals surface area contributed by atoms with Crippen molar-refractivity contribution >= 4 is 50.6 Å². The van der Waals surface area contributed by atoms with Crippen molar-refractivity contribution in [3.05, 3.63) is 46.6 Å². The van der Waals surface area contributed by atoms with Crippen molar-refractivity contribution in [2.75, 3.05) is 12.4 Å². The van der Waals surface area contributed by atoms with Gasteiger partial charge in [0.05, 0.1) is 12.6 Å². The summed E-state index contributed by atoms with van der Waals surface area (Å²) in [6.07, 6.45) is 1.74. The molecule has 2 aromatic heterocycles. The summed E-state index contributed by atoms with van der Waals surface area (Å²) in [5.41, 5.74) is 1.72. The molecule has 0 unspecified atom stereocenters. The van der Waals surface area contributed by atoms with Crippen molar-refractivity contribution in [1.82, 2.24) is 9.97 Å². The van der Waals surface area contributed by atoms with Gasteiger partial charge in [-0.15, -0.1) is 0 Å². The van der Waals surface area contributed by atoms with E-state index >= 15 is 0 Å². The molecule has 2 heterocycles. The van der Waals surface area contributed by atoms with E-state index in [0.717, 1.165) is 27.9 Å². The van der Waals surface area contributed by atoms with Gasteiger partial charge in [-0.3, -0.25) is 4.98 Å². The molecule has 0 radical (unpaired) electrons. The molecule has 3 rings (SSSR count). The van der Waals surface area contributed by atoms with Crippen LogP contribution in [0.5, 0.6) is 0 Å². The Morgan fingerprint density at radius 3 is 3.00 bits per heavy atom. The number of fused-ring (bicyclic) bond motifs is 1. The van der Waals surface area contributed by atoms with Crippen LogP contribution in [-0.2, 0) is 4.74 Å². The molecule has 0 aliphatic heterocycles. The van der Waals surface area contributed by atoms with Crippen LogP contribution in [0.25, 0.3) is 10.9 Å². The Kier molecular flexibility index (Phi) is 3.72. The second kappa shape index (κ2) is 5.67. The number of anilines is 2. The zero-order chi connectivity index (χ0) is 14.8. The Bertz CT molecular complexity index is 814. The Hall–Kier alpha value is -2.18. The average molecular weight is 320 g/mol. The molecule has 1 N–H and O–H groups in total. The summed E-state index contributed by atoms with van der Waals surface area (Å²) in [5.74, 6) is -0.495. The maximum atomic E-state index is 11.5. The summed E-state index contributed by atoms with van der Waals surface area (Å²) in [7, 11) is 1.31. The van der Waals surface area contributed by atoms with Crippen LogP contribution in [0.3, 0.4) is 0 Å². The number of halogens is 1. The summed E-state index contributed by atoms with van der Waals surface area (Å²) in [5, 5.41) is 4.78. The fourth-order valence-corrected chi connectivity index (χ4v) is 3.02. The van der Waals surface area contributed by atoms with Crippen molar-refractivity contribution in [1.29, 1.82) is 0 Å². The molecule has 1 aromatic carbocycles. The molecule has 0 fully saturated rings. The van der Waals surface area contributed by atoms with Crippen LogP contribution in [0.15, 0.2) is 36.5 Å². The topological polar surface area (TPSA) is 64.1 Å². The second-order valence-electron chi connectivity index (χ2n) is 4.13. The number of hydrogen-bond acceptors (Lipinski definition) is 6. The number of benzene rings is 1. The predicted molar refractivity (Wildman–Crippen MR) is 83.5 cm³/mol. The summed E-state index contributed by atoms with van der Waals surface area (Å²) in [6, 6.07) is 9.56. The summed E-state index contributed by atoms with van der Waals surface area (Å²) in [6.45, 7) is 0. The van der Waals surface area contributed by atoms with E-state index in [0.29, 0.717) is 5.13 Å². The van der Waals surface area contributed by atoms with Crippen LogP contribution in [0.1, 0.15) is 9.67 Å². The number of nitrogens with one attached hydrogen (secondary N) is 1. The van der Waals surface area contributed by atoms with E-state index in [-0.39, 0.29) is 10.0 Å². The highest BCUT2D eigenvalue weighted by Gasteiger charge is 2.17. The number of esters is 1. The van der Waals surface area contributed by atoms with Crippen molar-refractivity contribution in [3.8, 4) is 0 Å². The van der Waals surface area contributed by atoms with E-state index in [1.807, 2.05) is 30.3 Å². The summed E-state index contributed by atoms with van der Waals surface area (Å²) < 4.78 is 4.66. The van der Waals surface area contributed by atoms with Gasteiger partial charge in [0, 0.05) is 17.3 Å². The van der Waals surface area contributed by atoms with Gasteiger partial charge in [0.25, 0.3) is 0 Å². The standard InChI is InChI=1S/C14H10ClN3O2S/c1-20-13(19)11-12(15)18-14(21-11)17-10-6-2-5-9-8(10)4-3-7-16-9/h2-7H,1H3,(H,17,18). The number of methoxy groups -OCH3 is 1. The molecule has 0 aliphatic carbocycles. The molecular weight excluding hydrogens is 310 g/mol. The minimum Gasteiger partial charge on any atom is -0.465 e. The number of carbonyl (C=O) groups excluding carboxylic acids is 1. The lowest BCUT2D eigenvalue weighted by Crippen LogP contribution is -1.98. The molecule has 0 aliphatic rings. The van der Waals surface area contributed by atoms with Gasteiger partial charge in [0.1, 0.15) is 0 Å². The maximum absolute atomic E-state index is 11.5. The fourth-order valence-electron chi connectivity index (χ4n) is 1.90. The zero-order valence-corrected chi connectivity index (χ0v) is 12.5. The lowest BCUT2D eigenvalue weighted by Gasteiger charge is -2.06. The highest BCUT2D eigenvalue weighted by atomic mass is 35.5. The van der Waals surface area contributed by atoms with Crippen LogP contribution in [0.4, 0.5) is 10.8 Å². The van der Waals surface area contributed by atoms with Crippen LogP contribution >= 0.6 is 22.9 Å². The third-order valence-electron chi connectivity index (χ3n) is 2.84. The van der Waals surface area contributed by atoms with Gasteiger partial charge in [0.15, 0.2) is 15.2 Å². The predicted octanol–water partition coefficient (Wildman–Crippen LogP) is 3.87. The molecule has 21 heavy (non-hydrogen) atoms. The van der Waals surface area contributed by atoms with Gasteiger partial charge in [-0.1, -0.05) is 29.0 Å². The highest BCUT2D eigenvalue weighted by Crippen LogP contribution is 2.31. The molecule has 0 spiro atoms. The molecule has 3 aromatic rings. The van der Waals surface area contributed by atoms with E-state index in [2.05, 4.69) is 20.0 Å². The van der Waals surface area contributed by atoms with Gasteiger partial charge in [-0.05, 0) is 24.3 Å². The lowest BCUT2D eigenvalue weighted by molar-refractivity contribution is 0.0606. The number of aromatic nitrogens is 2. The minimum absolute atomic E-state index is 0.132. The quantitative estimate of drug-likeness (QED) is 0.742. The van der Waals surface area contributed by atoms with Crippen molar-refractivity contribution in [3.63, 3.8) is 0 Å². The third-order valence-corrected chi connectivity index (χ3v) is 4.18. The summed E-state index contributed by atoms with van der Waals surface area (Å²) in [4.78, 5) is 20.2. The second-order valence-corrected chi connectivity index (χ2v) is 5.49. The van der Waals surface area contributed by atoms with Crippen molar-refractivity contribution in [2.45, 2.75) is 0 Å². The Balaban J connectivity index is 1.98. The molecule has 5 nitrogen and oxygen atoms in total. The molecule has 7 heteroatoms. The van der Waals surface area contributed by atoms with Gasteiger partial charge in [-0.2, -0.15) is 0 Å². The van der Waals surface area contributed by atoms with Crippen LogP contribution in [0.2, 0.25) is 5.15 Å². The number of carbonyl (C=O) groups is 1. The first kappa shape index (κ1) is 13.8. The van der Waals surface area contributed by atoms with Gasteiger partial charge in [0.2, 0.25) is 0 Å². The van der Waals surface area contributed by atoms with Crippen LogP contribution in [-0.4, -0.2) is 23.0 Å². The molecule has 0 saturated carbocycles. The van der Waals surface area contributed by atoms with E-state index in [1.165, 1.54) is 7.11 Å². The van der Waals surface area contributed by atoms with Gasteiger partial charge >= 0.3 is 5.97 Å². The first-order chi connectivity index (χ1) is 10.2. The first-order valence-corrected chi connectivity index (χ1v) is 7.24. The van der Waals surface area contributed by atoms with E-state index in [9.17, 15) is 4.79 Å². The molecule has 0 saturated heterocycles. The van der Waals surface area contributed by atoms with E-state index in [4.69, 9.17) is 11.6 Å². The smallest absolute Gasteiger partial charge is 0.351 e. The van der Waals surface area contributed by atoms with E-state index in [1.54, 1.807) is 6.20 Å². The lowest BCUT2D eigenvalue weighted by atomic mass is 10.2. The number of nitrogens with zero attached hydrogens (tertiary/aromatic N) is 2. The number of rotatable bonds is 3. The number of pyridine rings is 1. The zero-order valence-electron chi connectivity index (χ0n) is 11.0. The maximum Gasteiger partial charge on any atom is 0.351 e. The molecular formula is C14H10ClN3O2S. The molecule has 0 bridgehead atoms. The Morgan fingerprint density at radius 1 is 1.33 bits per heavy atom. The summed E-state index contributed by atoms with van der Waals surface area (Å²) >= 11 is 7.10. The normalized spacial score (nSPS) is 10.6. The molecule has 106 valence electrons. The Labute approximate surface area is 129 Å². The Morgan fingerprint density at radius 2 is 2.19 bits per heavy atom.